The fourth-order valence-electron chi connectivity index (χ4n) is 2.18. The Labute approximate surface area is 124 Å². The van der Waals surface area contributed by atoms with Crippen LogP contribution < -0.4 is 0 Å². The summed E-state index contributed by atoms with van der Waals surface area (Å²) in [5.41, 5.74) is 0.226. The van der Waals surface area contributed by atoms with Crippen molar-refractivity contribution in [2.45, 2.75) is 25.6 Å². The molecule has 0 unspecified atom stereocenters. The minimum atomic E-state index is -0.804. The van der Waals surface area contributed by atoms with Crippen LogP contribution >= 0.6 is 11.6 Å². The van der Waals surface area contributed by atoms with Gasteiger partial charge in [-0.05, 0) is 31.5 Å². The predicted octanol–water partition coefficient (Wildman–Crippen LogP) is 2.66. The molecule has 2 rings (SSSR count). The van der Waals surface area contributed by atoms with Gasteiger partial charge in [0, 0.05) is 18.7 Å². The summed E-state index contributed by atoms with van der Waals surface area (Å²) in [6.45, 7) is 5.21. The minimum absolute atomic E-state index is 0.0118. The van der Waals surface area contributed by atoms with E-state index in [0.717, 1.165) is 5.56 Å². The Morgan fingerprint density at radius 3 is 2.65 bits per heavy atom. The third kappa shape index (κ3) is 3.32. The number of halogens is 1. The third-order valence-corrected chi connectivity index (χ3v) is 3.87. The van der Waals surface area contributed by atoms with E-state index in [9.17, 15) is 4.79 Å². The van der Waals surface area contributed by atoms with Gasteiger partial charge in [-0.1, -0.05) is 23.7 Å². The maximum atomic E-state index is 12.4. The highest BCUT2D eigenvalue weighted by molar-refractivity contribution is 6.30. The van der Waals surface area contributed by atoms with Crippen molar-refractivity contribution in [3.05, 3.63) is 34.9 Å². The number of amides is 1. The Kier molecular flexibility index (Phi) is 4.68. The molecule has 110 valence electrons. The first-order valence-electron chi connectivity index (χ1n) is 6.65. The average molecular weight is 298 g/mol. The zero-order valence-corrected chi connectivity index (χ0v) is 12.8. The summed E-state index contributed by atoms with van der Waals surface area (Å²) in [7, 11) is 1.55. The van der Waals surface area contributed by atoms with Crippen molar-refractivity contribution in [3.63, 3.8) is 0 Å². The lowest BCUT2D eigenvalue weighted by molar-refractivity contribution is -0.158. The molecule has 4 nitrogen and oxygen atoms in total. The van der Waals surface area contributed by atoms with Crippen molar-refractivity contribution < 1.29 is 14.3 Å². The van der Waals surface area contributed by atoms with Crippen molar-refractivity contribution in [1.82, 2.24) is 4.90 Å². The van der Waals surface area contributed by atoms with Crippen LogP contribution in [0.4, 0.5) is 0 Å². The number of hydrogen-bond acceptors (Lipinski definition) is 3. The number of rotatable bonds is 3. The van der Waals surface area contributed by atoms with Crippen LogP contribution in [0.15, 0.2) is 24.3 Å². The van der Waals surface area contributed by atoms with E-state index in [4.69, 9.17) is 21.1 Å². The second-order valence-electron chi connectivity index (χ2n) is 5.38. The number of carbonyl (C=O) groups is 1. The highest BCUT2D eigenvalue weighted by Gasteiger charge is 2.35. The summed E-state index contributed by atoms with van der Waals surface area (Å²) >= 11 is 5.89. The maximum absolute atomic E-state index is 12.4. The van der Waals surface area contributed by atoms with Crippen LogP contribution in [0.3, 0.4) is 0 Å². The van der Waals surface area contributed by atoms with Crippen molar-refractivity contribution in [3.8, 4) is 0 Å². The fraction of sp³-hybridized carbons (Fsp3) is 0.533. The molecule has 0 aliphatic carbocycles. The molecular formula is C15H20ClNO3. The normalized spacial score (nSPS) is 20.0. The number of hydrogen-bond donors (Lipinski definition) is 0. The summed E-state index contributed by atoms with van der Waals surface area (Å²) in [5, 5.41) is 0.693. The van der Waals surface area contributed by atoms with Gasteiger partial charge in [-0.15, -0.1) is 0 Å². The number of morpholine rings is 1. The molecule has 1 aromatic carbocycles. The van der Waals surface area contributed by atoms with Gasteiger partial charge in [0.25, 0.3) is 5.91 Å². The Balaban J connectivity index is 2.09. The molecule has 0 radical (unpaired) electrons. The molecule has 1 heterocycles. The van der Waals surface area contributed by atoms with Crippen molar-refractivity contribution in [1.29, 1.82) is 0 Å². The molecule has 0 spiro atoms. The summed E-state index contributed by atoms with van der Waals surface area (Å²) < 4.78 is 11.0. The SMILES string of the molecule is COC(C)(C)C(=O)N1CCO[C@@H](c2ccc(Cl)cc2)C1. The van der Waals surface area contributed by atoms with Crippen molar-refractivity contribution in [2.75, 3.05) is 26.8 Å². The number of benzene rings is 1. The van der Waals surface area contributed by atoms with Gasteiger partial charge in [-0.2, -0.15) is 0 Å². The van der Waals surface area contributed by atoms with Gasteiger partial charge in [-0.3, -0.25) is 4.79 Å². The zero-order chi connectivity index (χ0) is 14.8. The van der Waals surface area contributed by atoms with Crippen LogP contribution in [0.2, 0.25) is 5.02 Å². The topological polar surface area (TPSA) is 38.8 Å². The first-order chi connectivity index (χ1) is 9.44. The molecule has 1 aliphatic heterocycles. The van der Waals surface area contributed by atoms with Gasteiger partial charge in [0.1, 0.15) is 11.7 Å². The molecule has 0 bridgehead atoms. The molecule has 1 aliphatic rings. The van der Waals surface area contributed by atoms with Gasteiger partial charge in [0.15, 0.2) is 0 Å². The standard InChI is InChI=1S/C15H20ClNO3/c1-15(2,19-3)14(18)17-8-9-20-13(10-17)11-4-6-12(16)7-5-11/h4-7,13H,8-10H2,1-3H3/t13-/m1/s1. The smallest absolute Gasteiger partial charge is 0.254 e. The average Bonchev–Trinajstić information content (AvgIpc) is 2.47. The predicted molar refractivity (Wildman–Crippen MR) is 77.8 cm³/mol. The molecule has 0 saturated carbocycles. The molecule has 1 aromatic rings. The molecule has 5 heteroatoms. The first kappa shape index (κ1) is 15.3. The number of nitrogens with zero attached hydrogens (tertiary/aromatic N) is 1. The first-order valence-corrected chi connectivity index (χ1v) is 7.03. The van der Waals surface area contributed by atoms with Crippen LogP contribution in [0.5, 0.6) is 0 Å². The fourth-order valence-corrected chi connectivity index (χ4v) is 2.31. The van der Waals surface area contributed by atoms with Crippen molar-refractivity contribution >= 4 is 17.5 Å². The van der Waals surface area contributed by atoms with Crippen LogP contribution in [-0.4, -0.2) is 43.2 Å². The van der Waals surface area contributed by atoms with Crippen LogP contribution in [0.1, 0.15) is 25.5 Å². The summed E-state index contributed by atoms with van der Waals surface area (Å²) in [6.07, 6.45) is -0.113. The van der Waals surface area contributed by atoms with Gasteiger partial charge >= 0.3 is 0 Å². The number of methoxy groups -OCH3 is 1. The lowest BCUT2D eigenvalue weighted by Crippen LogP contribution is -2.51. The zero-order valence-electron chi connectivity index (χ0n) is 12.1. The van der Waals surface area contributed by atoms with E-state index < -0.39 is 5.60 Å². The molecule has 20 heavy (non-hydrogen) atoms. The maximum Gasteiger partial charge on any atom is 0.254 e. The molecule has 1 amide bonds. The van der Waals surface area contributed by atoms with E-state index in [1.54, 1.807) is 25.9 Å². The summed E-state index contributed by atoms with van der Waals surface area (Å²) in [6, 6.07) is 7.53. The third-order valence-electron chi connectivity index (χ3n) is 3.62. The van der Waals surface area contributed by atoms with E-state index >= 15 is 0 Å². The summed E-state index contributed by atoms with van der Waals surface area (Å²) in [4.78, 5) is 14.2. The lowest BCUT2D eigenvalue weighted by Gasteiger charge is -2.37. The molecular weight excluding hydrogens is 278 g/mol. The van der Waals surface area contributed by atoms with E-state index in [1.165, 1.54) is 0 Å². The van der Waals surface area contributed by atoms with Gasteiger partial charge in [-0.25, -0.2) is 0 Å². The molecule has 1 atom stereocenters. The molecule has 0 N–H and O–H groups in total. The second kappa shape index (κ2) is 6.12. The molecule has 0 aromatic heterocycles. The Bertz CT molecular complexity index is 473. The van der Waals surface area contributed by atoms with Crippen LogP contribution in [0, 0.1) is 0 Å². The molecule has 1 saturated heterocycles. The van der Waals surface area contributed by atoms with Crippen molar-refractivity contribution in [2.24, 2.45) is 0 Å². The van der Waals surface area contributed by atoms with Gasteiger partial charge in [0.2, 0.25) is 0 Å². The highest BCUT2D eigenvalue weighted by Crippen LogP contribution is 2.25. The van der Waals surface area contributed by atoms with Crippen LogP contribution in [-0.2, 0) is 14.3 Å². The van der Waals surface area contributed by atoms with E-state index in [1.807, 2.05) is 24.3 Å². The summed E-state index contributed by atoms with van der Waals surface area (Å²) in [5.74, 6) is -0.0118. The Morgan fingerprint density at radius 2 is 2.05 bits per heavy atom. The van der Waals surface area contributed by atoms with Gasteiger partial charge < -0.3 is 14.4 Å². The minimum Gasteiger partial charge on any atom is -0.370 e. The van der Waals surface area contributed by atoms with Gasteiger partial charge in [0.05, 0.1) is 13.2 Å². The van der Waals surface area contributed by atoms with E-state index in [0.29, 0.717) is 24.7 Å². The Morgan fingerprint density at radius 1 is 1.40 bits per heavy atom. The molecule has 1 fully saturated rings. The second-order valence-corrected chi connectivity index (χ2v) is 5.81. The van der Waals surface area contributed by atoms with E-state index in [-0.39, 0.29) is 12.0 Å². The van der Waals surface area contributed by atoms with E-state index in [2.05, 4.69) is 0 Å². The Hall–Kier alpha value is -1.10. The lowest BCUT2D eigenvalue weighted by atomic mass is 10.0. The highest BCUT2D eigenvalue weighted by atomic mass is 35.5. The number of ether oxygens (including phenoxy) is 2. The van der Waals surface area contributed by atoms with Crippen LogP contribution in [0.25, 0.3) is 0 Å². The monoisotopic (exact) mass is 297 g/mol. The largest absolute Gasteiger partial charge is 0.370 e. The number of carbonyl (C=O) groups excluding carboxylic acids is 1. The quantitative estimate of drug-likeness (QED) is 0.861.